The monoisotopic (exact) mass is 255 g/mol. The second-order valence-corrected chi connectivity index (χ2v) is 5.09. The van der Waals surface area contributed by atoms with E-state index >= 15 is 0 Å². The van der Waals surface area contributed by atoms with Gasteiger partial charge in [0.1, 0.15) is 11.5 Å². The van der Waals surface area contributed by atoms with Gasteiger partial charge in [0.05, 0.1) is 13.2 Å². The lowest BCUT2D eigenvalue weighted by Gasteiger charge is -2.30. The average Bonchev–Trinajstić information content (AvgIpc) is 2.33. The number of ether oxygens (including phenoxy) is 1. The van der Waals surface area contributed by atoms with Crippen LogP contribution in [0.15, 0.2) is 18.2 Å². The van der Waals surface area contributed by atoms with Gasteiger partial charge in [0.15, 0.2) is 0 Å². The lowest BCUT2D eigenvalue weighted by molar-refractivity contribution is 0.0474. The van der Waals surface area contributed by atoms with Crippen molar-refractivity contribution in [3.63, 3.8) is 0 Å². The summed E-state index contributed by atoms with van der Waals surface area (Å²) in [6, 6.07) is 4.55. The molecule has 1 aromatic rings. The number of rotatable bonds is 3. The highest BCUT2D eigenvalue weighted by atomic mass is 19.1. The fraction of sp³-hybridized carbons (Fsp3) is 0.571. The molecule has 1 N–H and O–H groups in total. The molecule has 2 atom stereocenters. The molecular formula is C14H19F2NO. The molecule has 0 saturated carbocycles. The zero-order valence-corrected chi connectivity index (χ0v) is 10.8. The van der Waals surface area contributed by atoms with Crippen molar-refractivity contribution in [3.05, 3.63) is 35.1 Å². The predicted molar refractivity (Wildman–Crippen MR) is 66.8 cm³/mol. The Labute approximate surface area is 106 Å². The second kappa shape index (κ2) is 5.33. The molecule has 1 aliphatic rings. The van der Waals surface area contributed by atoms with E-state index in [2.05, 4.69) is 5.32 Å². The first-order valence-corrected chi connectivity index (χ1v) is 6.26. The van der Waals surface area contributed by atoms with Gasteiger partial charge in [0.25, 0.3) is 0 Å². The number of alkyl halides is 1. The van der Waals surface area contributed by atoms with Crippen LogP contribution in [0.3, 0.4) is 0 Å². The maximum absolute atomic E-state index is 14.7. The van der Waals surface area contributed by atoms with Crippen molar-refractivity contribution in [1.29, 1.82) is 0 Å². The van der Waals surface area contributed by atoms with Crippen molar-refractivity contribution in [2.45, 2.75) is 32.0 Å². The third kappa shape index (κ3) is 3.06. The molecule has 1 heterocycles. The Kier molecular flexibility index (Phi) is 3.97. The molecule has 0 spiro atoms. The maximum atomic E-state index is 14.7. The zero-order valence-electron chi connectivity index (χ0n) is 10.8. The van der Waals surface area contributed by atoms with Gasteiger partial charge >= 0.3 is 0 Å². The molecule has 0 bridgehead atoms. The Balaban J connectivity index is 2.10. The van der Waals surface area contributed by atoms with E-state index < -0.39 is 5.67 Å². The van der Waals surface area contributed by atoms with E-state index in [0.29, 0.717) is 24.3 Å². The van der Waals surface area contributed by atoms with Crippen LogP contribution >= 0.6 is 0 Å². The Morgan fingerprint density at radius 2 is 2.28 bits per heavy atom. The van der Waals surface area contributed by atoms with Gasteiger partial charge in [-0.3, -0.25) is 0 Å². The molecule has 100 valence electrons. The smallest absolute Gasteiger partial charge is 0.134 e. The lowest BCUT2D eigenvalue weighted by atomic mass is 9.90. The Bertz CT molecular complexity index is 414. The molecule has 2 rings (SSSR count). The SMILES string of the molecule is Cc1ccc(C(C)(F)CC2COCCN2)cc1F. The van der Waals surface area contributed by atoms with Crippen LogP contribution in [-0.2, 0) is 10.4 Å². The number of hydrogen-bond donors (Lipinski definition) is 1. The quantitative estimate of drug-likeness (QED) is 0.896. The molecule has 1 aliphatic heterocycles. The van der Waals surface area contributed by atoms with Gasteiger partial charge in [0, 0.05) is 19.0 Å². The molecular weight excluding hydrogens is 236 g/mol. The second-order valence-electron chi connectivity index (χ2n) is 5.09. The number of morpholine rings is 1. The van der Waals surface area contributed by atoms with E-state index in [9.17, 15) is 8.78 Å². The molecule has 0 amide bonds. The third-order valence-electron chi connectivity index (χ3n) is 3.40. The largest absolute Gasteiger partial charge is 0.379 e. The number of halogens is 2. The van der Waals surface area contributed by atoms with E-state index in [-0.39, 0.29) is 18.3 Å². The van der Waals surface area contributed by atoms with E-state index in [1.165, 1.54) is 13.0 Å². The van der Waals surface area contributed by atoms with Crippen LogP contribution in [0.5, 0.6) is 0 Å². The van der Waals surface area contributed by atoms with Crippen molar-refractivity contribution in [2.24, 2.45) is 0 Å². The van der Waals surface area contributed by atoms with Gasteiger partial charge in [0.2, 0.25) is 0 Å². The molecule has 0 radical (unpaired) electrons. The fourth-order valence-corrected chi connectivity index (χ4v) is 2.25. The molecule has 1 fully saturated rings. The summed E-state index contributed by atoms with van der Waals surface area (Å²) in [5, 5.41) is 3.21. The van der Waals surface area contributed by atoms with Crippen LogP contribution in [-0.4, -0.2) is 25.8 Å². The molecule has 4 heteroatoms. The molecule has 0 aromatic heterocycles. The van der Waals surface area contributed by atoms with Gasteiger partial charge in [-0.05, 0) is 31.0 Å². The summed E-state index contributed by atoms with van der Waals surface area (Å²) in [6.07, 6.45) is 0.287. The predicted octanol–water partition coefficient (Wildman–Crippen LogP) is 2.70. The van der Waals surface area contributed by atoms with Crippen LogP contribution in [0.25, 0.3) is 0 Å². The van der Waals surface area contributed by atoms with Crippen molar-refractivity contribution in [2.75, 3.05) is 19.8 Å². The molecule has 2 nitrogen and oxygen atoms in total. The van der Waals surface area contributed by atoms with E-state index in [1.807, 2.05) is 0 Å². The molecule has 2 unspecified atom stereocenters. The van der Waals surface area contributed by atoms with Gasteiger partial charge in [-0.1, -0.05) is 12.1 Å². The number of nitrogens with one attached hydrogen (secondary N) is 1. The lowest BCUT2D eigenvalue weighted by Crippen LogP contribution is -2.44. The summed E-state index contributed by atoms with van der Waals surface area (Å²) >= 11 is 0. The van der Waals surface area contributed by atoms with Crippen LogP contribution in [0.1, 0.15) is 24.5 Å². The number of hydrogen-bond acceptors (Lipinski definition) is 2. The van der Waals surface area contributed by atoms with Gasteiger partial charge < -0.3 is 10.1 Å². The van der Waals surface area contributed by atoms with E-state index in [1.54, 1.807) is 19.1 Å². The standard InChI is InChI=1S/C14H19F2NO/c1-10-3-4-11(7-13(10)15)14(2,16)8-12-9-18-6-5-17-12/h3-4,7,12,17H,5-6,8-9H2,1-2H3. The first kappa shape index (κ1) is 13.4. The summed E-state index contributed by atoms with van der Waals surface area (Å²) in [7, 11) is 0. The minimum absolute atomic E-state index is 0.0156. The maximum Gasteiger partial charge on any atom is 0.134 e. The first-order valence-electron chi connectivity index (χ1n) is 6.26. The molecule has 18 heavy (non-hydrogen) atoms. The van der Waals surface area contributed by atoms with Crippen molar-refractivity contribution in [3.8, 4) is 0 Å². The summed E-state index contributed by atoms with van der Waals surface area (Å²) in [6.45, 7) is 5.08. The third-order valence-corrected chi connectivity index (χ3v) is 3.40. The molecule has 1 aromatic carbocycles. The van der Waals surface area contributed by atoms with Crippen LogP contribution in [0, 0.1) is 12.7 Å². The Morgan fingerprint density at radius 3 is 2.89 bits per heavy atom. The van der Waals surface area contributed by atoms with Crippen molar-refractivity contribution >= 4 is 0 Å². The van der Waals surface area contributed by atoms with Crippen molar-refractivity contribution < 1.29 is 13.5 Å². The highest BCUT2D eigenvalue weighted by Gasteiger charge is 2.31. The topological polar surface area (TPSA) is 21.3 Å². The summed E-state index contributed by atoms with van der Waals surface area (Å²) in [5.41, 5.74) is -0.626. The highest BCUT2D eigenvalue weighted by Crippen LogP contribution is 2.32. The summed E-state index contributed by atoms with van der Waals surface area (Å²) in [4.78, 5) is 0. The minimum Gasteiger partial charge on any atom is -0.379 e. The van der Waals surface area contributed by atoms with Crippen LogP contribution in [0.4, 0.5) is 8.78 Å². The molecule has 0 aliphatic carbocycles. The van der Waals surface area contributed by atoms with E-state index in [4.69, 9.17) is 4.74 Å². The van der Waals surface area contributed by atoms with Gasteiger partial charge in [-0.15, -0.1) is 0 Å². The summed E-state index contributed by atoms with van der Waals surface area (Å²) < 4.78 is 33.4. The minimum atomic E-state index is -1.55. The first-order chi connectivity index (χ1) is 8.49. The average molecular weight is 255 g/mol. The van der Waals surface area contributed by atoms with Gasteiger partial charge in [-0.25, -0.2) is 8.78 Å². The van der Waals surface area contributed by atoms with E-state index in [0.717, 1.165) is 6.54 Å². The Morgan fingerprint density at radius 1 is 1.50 bits per heavy atom. The highest BCUT2D eigenvalue weighted by molar-refractivity contribution is 5.27. The molecule has 1 saturated heterocycles. The Hall–Kier alpha value is -1.00. The summed E-state index contributed by atoms with van der Waals surface area (Å²) in [5.74, 6) is -0.357. The van der Waals surface area contributed by atoms with Gasteiger partial charge in [-0.2, -0.15) is 0 Å². The van der Waals surface area contributed by atoms with Crippen LogP contribution < -0.4 is 5.32 Å². The number of benzene rings is 1. The van der Waals surface area contributed by atoms with Crippen LogP contribution in [0.2, 0.25) is 0 Å². The van der Waals surface area contributed by atoms with Crippen molar-refractivity contribution in [1.82, 2.24) is 5.32 Å². The zero-order chi connectivity index (χ0) is 13.2. The fourth-order valence-electron chi connectivity index (χ4n) is 2.25. The normalized spacial score (nSPS) is 23.7. The number of aryl methyl sites for hydroxylation is 1.